The molecule has 184 valence electrons. The Morgan fingerprint density at radius 1 is 1.35 bits per heavy atom. The number of fused-ring (bicyclic) bond motifs is 1. The van der Waals surface area contributed by atoms with E-state index in [4.69, 9.17) is 9.47 Å². The van der Waals surface area contributed by atoms with E-state index >= 15 is 0 Å². The summed E-state index contributed by atoms with van der Waals surface area (Å²) < 4.78 is 11.5. The molecule has 1 spiro atoms. The van der Waals surface area contributed by atoms with E-state index in [1.807, 2.05) is 13.8 Å². The van der Waals surface area contributed by atoms with Crippen LogP contribution < -0.4 is 9.64 Å². The van der Waals surface area contributed by atoms with E-state index in [-0.39, 0.29) is 25.0 Å². The van der Waals surface area contributed by atoms with Gasteiger partial charge in [0, 0.05) is 12.2 Å². The molecule has 0 saturated carbocycles. The van der Waals surface area contributed by atoms with Crippen molar-refractivity contribution in [2.75, 3.05) is 25.2 Å². The molecule has 6 atom stereocenters. The number of carboxylic acids is 1. The number of ether oxygens (including phenoxy) is 2. The van der Waals surface area contributed by atoms with Crippen LogP contribution in [0.5, 0.6) is 5.75 Å². The summed E-state index contributed by atoms with van der Waals surface area (Å²) in [4.78, 5) is 43.1. The number of rotatable bonds is 9. The zero-order chi connectivity index (χ0) is 24.8. The Bertz CT molecular complexity index is 978. The zero-order valence-corrected chi connectivity index (χ0v) is 19.7. The maximum atomic E-state index is 14.2. The number of methoxy groups -OCH3 is 1. The molecule has 9 nitrogen and oxygen atoms in total. The summed E-state index contributed by atoms with van der Waals surface area (Å²) in [5.74, 6) is -3.42. The molecule has 9 heteroatoms. The highest BCUT2D eigenvalue weighted by Gasteiger charge is 2.75. The van der Waals surface area contributed by atoms with Gasteiger partial charge in [-0.25, -0.2) is 0 Å². The van der Waals surface area contributed by atoms with Gasteiger partial charge in [0.1, 0.15) is 17.4 Å². The van der Waals surface area contributed by atoms with E-state index in [9.17, 15) is 24.6 Å². The number of aliphatic hydroxyl groups excluding tert-OH is 1. The smallest absolute Gasteiger partial charge is 0.310 e. The second-order valence-corrected chi connectivity index (χ2v) is 9.57. The lowest BCUT2D eigenvalue weighted by molar-refractivity contribution is -0.151. The summed E-state index contributed by atoms with van der Waals surface area (Å²) in [6.07, 6.45) is 1.86. The van der Waals surface area contributed by atoms with Gasteiger partial charge in [-0.3, -0.25) is 14.4 Å². The number of aliphatic hydroxyl groups is 1. The molecule has 3 saturated heterocycles. The number of nitrogens with zero attached hydrogens (tertiary/aromatic N) is 2. The van der Waals surface area contributed by atoms with Crippen LogP contribution in [0.4, 0.5) is 5.69 Å². The molecule has 2 amide bonds. The Morgan fingerprint density at radius 2 is 2.03 bits per heavy atom. The Labute approximate surface area is 198 Å². The minimum Gasteiger partial charge on any atom is -0.497 e. The van der Waals surface area contributed by atoms with Crippen molar-refractivity contribution in [3.8, 4) is 5.75 Å². The van der Waals surface area contributed by atoms with E-state index in [1.165, 1.54) is 9.80 Å². The summed E-state index contributed by atoms with van der Waals surface area (Å²) >= 11 is 0. The molecule has 3 heterocycles. The van der Waals surface area contributed by atoms with Crippen molar-refractivity contribution in [1.29, 1.82) is 0 Å². The molecule has 0 unspecified atom stereocenters. The summed E-state index contributed by atoms with van der Waals surface area (Å²) in [6.45, 7) is 7.34. The third kappa shape index (κ3) is 3.49. The van der Waals surface area contributed by atoms with E-state index in [0.29, 0.717) is 24.3 Å². The first-order valence-electron chi connectivity index (χ1n) is 11.6. The van der Waals surface area contributed by atoms with Gasteiger partial charge in [0.05, 0.1) is 37.7 Å². The molecular formula is C25H32N2O7. The highest BCUT2D eigenvalue weighted by atomic mass is 16.5. The summed E-state index contributed by atoms with van der Waals surface area (Å²) in [6, 6.07) is 5.26. The van der Waals surface area contributed by atoms with Gasteiger partial charge in [-0.15, -0.1) is 6.58 Å². The lowest BCUT2D eigenvalue weighted by atomic mass is 9.70. The first-order valence-corrected chi connectivity index (χ1v) is 11.6. The maximum absolute atomic E-state index is 14.2. The van der Waals surface area contributed by atoms with Crippen LogP contribution in [0.15, 0.2) is 36.9 Å². The van der Waals surface area contributed by atoms with Gasteiger partial charge in [0.25, 0.3) is 5.91 Å². The van der Waals surface area contributed by atoms with Crippen molar-refractivity contribution in [3.05, 3.63) is 36.9 Å². The average Bonchev–Trinajstić information content (AvgIpc) is 3.45. The molecule has 0 radical (unpaired) electrons. The Morgan fingerprint density at radius 3 is 2.56 bits per heavy atom. The number of aliphatic carboxylic acids is 1. The van der Waals surface area contributed by atoms with Crippen LogP contribution in [-0.2, 0) is 19.1 Å². The van der Waals surface area contributed by atoms with Gasteiger partial charge in [-0.1, -0.05) is 19.9 Å². The molecule has 34 heavy (non-hydrogen) atoms. The third-order valence-electron chi connectivity index (χ3n) is 7.53. The van der Waals surface area contributed by atoms with Gasteiger partial charge in [-0.05, 0) is 43.0 Å². The number of benzene rings is 1. The fraction of sp³-hybridized carbons (Fsp3) is 0.560. The number of hydrogen-bond acceptors (Lipinski definition) is 6. The highest BCUT2D eigenvalue weighted by Crippen LogP contribution is 2.59. The molecule has 1 aromatic carbocycles. The lowest BCUT2D eigenvalue weighted by Crippen LogP contribution is -2.59. The van der Waals surface area contributed by atoms with Crippen LogP contribution in [-0.4, -0.2) is 76.9 Å². The van der Waals surface area contributed by atoms with Crippen molar-refractivity contribution < 1.29 is 34.1 Å². The topological polar surface area (TPSA) is 117 Å². The van der Waals surface area contributed by atoms with Gasteiger partial charge >= 0.3 is 5.97 Å². The third-order valence-corrected chi connectivity index (χ3v) is 7.53. The van der Waals surface area contributed by atoms with Crippen LogP contribution in [0, 0.1) is 17.8 Å². The fourth-order valence-corrected chi connectivity index (χ4v) is 5.99. The van der Waals surface area contributed by atoms with E-state index in [0.717, 1.165) is 0 Å². The molecule has 3 aliphatic rings. The molecule has 0 aliphatic carbocycles. The van der Waals surface area contributed by atoms with Crippen molar-refractivity contribution >= 4 is 23.5 Å². The molecule has 1 aromatic rings. The number of amides is 2. The number of carboxylic acid groups (broad SMARTS) is 1. The average molecular weight is 473 g/mol. The molecule has 2 N–H and O–H groups in total. The SMILES string of the molecule is C=CCN(C(=O)[C@H]1N([C@@H](CO)C(C)C)C(=O)[C@@H]2[C@@H](C(=O)O)[C@H]3CC[C@]21O3)c1ccc(OC)cc1. The van der Waals surface area contributed by atoms with Crippen molar-refractivity contribution in [2.45, 2.75) is 50.5 Å². The van der Waals surface area contributed by atoms with Crippen molar-refractivity contribution in [2.24, 2.45) is 17.8 Å². The molecular weight excluding hydrogens is 440 g/mol. The predicted molar refractivity (Wildman–Crippen MR) is 123 cm³/mol. The zero-order valence-electron chi connectivity index (χ0n) is 19.7. The van der Waals surface area contributed by atoms with Gasteiger partial charge in [0.15, 0.2) is 0 Å². The number of hydrogen-bond donors (Lipinski definition) is 2. The van der Waals surface area contributed by atoms with Gasteiger partial charge in [-0.2, -0.15) is 0 Å². The van der Waals surface area contributed by atoms with Crippen LogP contribution in [0.25, 0.3) is 0 Å². The van der Waals surface area contributed by atoms with Gasteiger partial charge < -0.3 is 29.5 Å². The van der Waals surface area contributed by atoms with Crippen molar-refractivity contribution in [1.82, 2.24) is 4.90 Å². The fourth-order valence-electron chi connectivity index (χ4n) is 5.99. The second-order valence-electron chi connectivity index (χ2n) is 9.57. The number of likely N-dealkylation sites (tertiary alicyclic amines) is 1. The molecule has 4 rings (SSSR count). The molecule has 2 bridgehead atoms. The maximum Gasteiger partial charge on any atom is 0.310 e. The quantitative estimate of drug-likeness (QED) is 0.526. The Balaban J connectivity index is 1.82. The van der Waals surface area contributed by atoms with E-state index in [2.05, 4.69) is 6.58 Å². The number of carbonyl (C=O) groups is 3. The second kappa shape index (κ2) is 9.03. The van der Waals surface area contributed by atoms with Crippen LogP contribution in [0.3, 0.4) is 0 Å². The summed E-state index contributed by atoms with van der Waals surface area (Å²) in [5, 5.41) is 20.1. The summed E-state index contributed by atoms with van der Waals surface area (Å²) in [7, 11) is 1.55. The molecule has 3 fully saturated rings. The Kier molecular flexibility index (Phi) is 6.44. The normalized spacial score (nSPS) is 30.4. The van der Waals surface area contributed by atoms with Crippen LogP contribution in [0.1, 0.15) is 26.7 Å². The lowest BCUT2D eigenvalue weighted by Gasteiger charge is -2.40. The standard InChI is InChI=1S/C25H32N2O7/c1-5-12-26(15-6-8-16(33-4)9-7-15)23(30)21-25-11-10-18(34-25)19(24(31)32)20(25)22(29)27(21)17(13-28)14(2)3/h5-9,14,17-21,28H,1,10-13H2,2-4H3,(H,31,32)/t17-,18+,19-,20-,21+,25-/m0/s1. The first kappa shape index (κ1) is 24.2. The van der Waals surface area contributed by atoms with Crippen LogP contribution >= 0.6 is 0 Å². The number of carbonyl (C=O) groups excluding carboxylic acids is 2. The first-order chi connectivity index (χ1) is 16.2. The van der Waals surface area contributed by atoms with E-state index < -0.39 is 47.5 Å². The van der Waals surface area contributed by atoms with Crippen molar-refractivity contribution in [3.63, 3.8) is 0 Å². The summed E-state index contributed by atoms with van der Waals surface area (Å²) in [5.41, 5.74) is -0.652. The van der Waals surface area contributed by atoms with Gasteiger partial charge in [0.2, 0.25) is 5.91 Å². The number of anilines is 1. The monoisotopic (exact) mass is 472 g/mol. The largest absolute Gasteiger partial charge is 0.497 e. The minimum atomic E-state index is -1.24. The van der Waals surface area contributed by atoms with E-state index in [1.54, 1.807) is 37.5 Å². The minimum absolute atomic E-state index is 0.159. The highest BCUT2D eigenvalue weighted by molar-refractivity contribution is 6.04. The Hall–Kier alpha value is -2.91. The van der Waals surface area contributed by atoms with Crippen LogP contribution in [0.2, 0.25) is 0 Å². The predicted octanol–water partition coefficient (Wildman–Crippen LogP) is 1.69. The molecule has 3 aliphatic heterocycles. The molecule has 0 aromatic heterocycles.